The summed E-state index contributed by atoms with van der Waals surface area (Å²) in [6.07, 6.45) is 1.07. The maximum atomic E-state index is 13.0. The second-order valence-corrected chi connectivity index (χ2v) is 11.8. The van der Waals surface area contributed by atoms with Crippen LogP contribution in [0, 0.1) is 6.92 Å². The number of benzene rings is 3. The number of nitrogens with one attached hydrogen (secondary N) is 2. The van der Waals surface area contributed by atoms with Gasteiger partial charge in [-0.05, 0) is 67.3 Å². The van der Waals surface area contributed by atoms with E-state index >= 15 is 0 Å². The van der Waals surface area contributed by atoms with Crippen LogP contribution in [0.3, 0.4) is 0 Å². The maximum absolute atomic E-state index is 13.0. The van der Waals surface area contributed by atoms with Gasteiger partial charge in [-0.3, -0.25) is 13.9 Å². The Kier molecular flexibility index (Phi) is 7.89. The molecule has 0 fully saturated rings. The van der Waals surface area contributed by atoms with Crippen molar-refractivity contribution in [3.8, 4) is 0 Å². The molecule has 3 aromatic carbocycles. The lowest BCUT2D eigenvalue weighted by Gasteiger charge is -2.28. The maximum Gasteiger partial charge on any atom is 0.255 e. The summed E-state index contributed by atoms with van der Waals surface area (Å²) in [6.45, 7) is 9.76. The summed E-state index contributed by atoms with van der Waals surface area (Å²) in [5.74, 6) is -0.767. The van der Waals surface area contributed by atoms with Gasteiger partial charge < -0.3 is 10.6 Å². The van der Waals surface area contributed by atoms with Gasteiger partial charge in [-0.15, -0.1) is 0 Å². The van der Waals surface area contributed by atoms with E-state index in [1.807, 2.05) is 19.1 Å². The van der Waals surface area contributed by atoms with Crippen molar-refractivity contribution in [3.63, 3.8) is 0 Å². The highest BCUT2D eigenvalue weighted by molar-refractivity contribution is 7.92. The molecule has 2 N–H and O–H groups in total. The van der Waals surface area contributed by atoms with E-state index in [1.54, 1.807) is 60.7 Å². The molecule has 7 nitrogen and oxygen atoms in total. The van der Waals surface area contributed by atoms with Crippen molar-refractivity contribution in [1.29, 1.82) is 0 Å². The zero-order valence-electron chi connectivity index (χ0n) is 21.5. The van der Waals surface area contributed by atoms with Gasteiger partial charge in [0, 0.05) is 16.9 Å². The first kappa shape index (κ1) is 26.9. The van der Waals surface area contributed by atoms with Crippen LogP contribution >= 0.6 is 0 Å². The number of aryl methyl sites for hydroxylation is 1. The van der Waals surface area contributed by atoms with Crippen molar-refractivity contribution in [1.82, 2.24) is 0 Å². The van der Waals surface area contributed by atoms with Gasteiger partial charge in [0.2, 0.25) is 15.9 Å². The van der Waals surface area contributed by atoms with Crippen molar-refractivity contribution in [2.75, 3.05) is 21.2 Å². The fourth-order valence-electron chi connectivity index (χ4n) is 3.75. The Labute approximate surface area is 213 Å². The molecule has 0 heterocycles. The summed E-state index contributed by atoms with van der Waals surface area (Å²) >= 11 is 0. The van der Waals surface area contributed by atoms with Crippen LogP contribution in [0.25, 0.3) is 0 Å². The fourth-order valence-corrected chi connectivity index (χ4v) is 4.92. The van der Waals surface area contributed by atoms with Gasteiger partial charge in [-0.1, -0.05) is 56.7 Å². The molecule has 0 unspecified atom stereocenters. The first-order valence-corrected chi connectivity index (χ1v) is 13.5. The second kappa shape index (κ2) is 10.5. The zero-order valence-corrected chi connectivity index (χ0v) is 22.3. The van der Waals surface area contributed by atoms with Gasteiger partial charge in [0.15, 0.2) is 0 Å². The van der Waals surface area contributed by atoms with E-state index in [0.29, 0.717) is 22.6 Å². The molecule has 3 rings (SSSR count). The number of rotatable bonds is 7. The first-order valence-electron chi connectivity index (χ1n) is 11.6. The molecule has 0 aromatic heterocycles. The van der Waals surface area contributed by atoms with Crippen LogP contribution in [-0.2, 0) is 20.2 Å². The number of nitrogens with zero attached hydrogens (tertiary/aromatic N) is 1. The highest BCUT2D eigenvalue weighted by atomic mass is 32.2. The molecular weight excluding hydrogens is 474 g/mol. The number of carbonyl (C=O) groups excluding carboxylic acids is 2. The highest BCUT2D eigenvalue weighted by Crippen LogP contribution is 2.24. The van der Waals surface area contributed by atoms with Gasteiger partial charge in [-0.25, -0.2) is 8.42 Å². The summed E-state index contributed by atoms with van der Waals surface area (Å²) in [6, 6.07) is 20.1. The first-order chi connectivity index (χ1) is 16.8. The molecule has 36 heavy (non-hydrogen) atoms. The van der Waals surface area contributed by atoms with Crippen LogP contribution in [-0.4, -0.2) is 32.5 Å². The zero-order chi connectivity index (χ0) is 26.7. The van der Waals surface area contributed by atoms with E-state index in [9.17, 15) is 18.0 Å². The molecule has 190 valence electrons. The minimum Gasteiger partial charge on any atom is -0.324 e. The molecule has 0 aliphatic heterocycles. The molecular formula is C28H33N3O4S. The number of sulfonamides is 1. The van der Waals surface area contributed by atoms with Crippen molar-refractivity contribution in [2.45, 2.75) is 46.1 Å². The SMILES string of the molecule is Cc1ccc(N([C@@H](C)C(=O)Nc2cccc(NC(=O)c3ccc(C(C)(C)C)cc3)c2)S(C)(=O)=O)cc1. The highest BCUT2D eigenvalue weighted by Gasteiger charge is 2.29. The van der Waals surface area contributed by atoms with Crippen LogP contribution in [0.5, 0.6) is 0 Å². The Balaban J connectivity index is 1.73. The Morgan fingerprint density at radius 2 is 1.42 bits per heavy atom. The number of hydrogen-bond acceptors (Lipinski definition) is 4. The molecule has 0 saturated carbocycles. The number of anilines is 3. The predicted octanol–water partition coefficient (Wildman–Crippen LogP) is 5.34. The van der Waals surface area contributed by atoms with Gasteiger partial charge in [0.05, 0.1) is 11.9 Å². The molecule has 0 saturated heterocycles. The molecule has 3 aromatic rings. The van der Waals surface area contributed by atoms with Gasteiger partial charge >= 0.3 is 0 Å². The lowest BCUT2D eigenvalue weighted by molar-refractivity contribution is -0.116. The Bertz CT molecular complexity index is 1340. The van der Waals surface area contributed by atoms with Crippen LogP contribution in [0.2, 0.25) is 0 Å². The molecule has 0 radical (unpaired) electrons. The molecule has 0 spiro atoms. The van der Waals surface area contributed by atoms with E-state index in [2.05, 4.69) is 31.4 Å². The largest absolute Gasteiger partial charge is 0.324 e. The lowest BCUT2D eigenvalue weighted by Crippen LogP contribution is -2.45. The van der Waals surface area contributed by atoms with E-state index in [1.165, 1.54) is 6.92 Å². The van der Waals surface area contributed by atoms with Crippen LogP contribution in [0.1, 0.15) is 49.2 Å². The standard InChI is InChI=1S/C28H33N3O4S/c1-19-10-16-25(17-11-19)31(36(6,34)35)20(2)26(32)29-23-8-7-9-24(18-23)30-27(33)21-12-14-22(15-13-21)28(3,4)5/h7-18,20H,1-6H3,(H,29,32)(H,30,33)/t20-/m0/s1. The smallest absolute Gasteiger partial charge is 0.255 e. The molecule has 0 bridgehead atoms. The fraction of sp³-hybridized carbons (Fsp3) is 0.286. The number of amides is 2. The van der Waals surface area contributed by atoms with Crippen LogP contribution < -0.4 is 14.9 Å². The summed E-state index contributed by atoms with van der Waals surface area (Å²) in [7, 11) is -3.72. The normalized spacial score (nSPS) is 12.5. The summed E-state index contributed by atoms with van der Waals surface area (Å²) < 4.78 is 26.1. The van der Waals surface area contributed by atoms with Crippen molar-refractivity contribution in [3.05, 3.63) is 89.5 Å². The van der Waals surface area contributed by atoms with E-state index in [0.717, 1.165) is 21.7 Å². The van der Waals surface area contributed by atoms with Gasteiger partial charge in [0.25, 0.3) is 5.91 Å². The molecule has 0 aliphatic carbocycles. The van der Waals surface area contributed by atoms with E-state index < -0.39 is 22.0 Å². The Hall–Kier alpha value is -3.65. The minimum absolute atomic E-state index is 0.00910. The van der Waals surface area contributed by atoms with Crippen LogP contribution in [0.15, 0.2) is 72.8 Å². The minimum atomic E-state index is -3.72. The molecule has 8 heteroatoms. The third kappa shape index (κ3) is 6.73. The summed E-state index contributed by atoms with van der Waals surface area (Å²) in [5, 5.41) is 5.60. The lowest BCUT2D eigenvalue weighted by atomic mass is 9.87. The number of carbonyl (C=O) groups is 2. The third-order valence-corrected chi connectivity index (χ3v) is 7.02. The quantitative estimate of drug-likeness (QED) is 0.451. The average molecular weight is 508 g/mol. The summed E-state index contributed by atoms with van der Waals surface area (Å²) in [4.78, 5) is 25.7. The Morgan fingerprint density at radius 1 is 0.861 bits per heavy atom. The van der Waals surface area contributed by atoms with Crippen LogP contribution in [0.4, 0.5) is 17.1 Å². The Morgan fingerprint density at radius 3 is 1.94 bits per heavy atom. The van der Waals surface area contributed by atoms with Crippen molar-refractivity contribution < 1.29 is 18.0 Å². The predicted molar refractivity (Wildman–Crippen MR) is 146 cm³/mol. The van der Waals surface area contributed by atoms with Gasteiger partial charge in [-0.2, -0.15) is 0 Å². The summed E-state index contributed by atoms with van der Waals surface area (Å²) in [5.41, 5.74) is 3.97. The topological polar surface area (TPSA) is 95.6 Å². The van der Waals surface area contributed by atoms with Crippen molar-refractivity contribution in [2.24, 2.45) is 0 Å². The molecule has 2 amide bonds. The average Bonchev–Trinajstić information content (AvgIpc) is 2.79. The van der Waals surface area contributed by atoms with E-state index in [-0.39, 0.29) is 11.3 Å². The second-order valence-electron chi connectivity index (χ2n) is 9.92. The van der Waals surface area contributed by atoms with Crippen molar-refractivity contribution >= 4 is 38.9 Å². The molecule has 1 atom stereocenters. The monoisotopic (exact) mass is 507 g/mol. The number of hydrogen-bond donors (Lipinski definition) is 2. The van der Waals surface area contributed by atoms with Gasteiger partial charge in [0.1, 0.15) is 6.04 Å². The van der Waals surface area contributed by atoms with E-state index in [4.69, 9.17) is 0 Å². The third-order valence-electron chi connectivity index (χ3n) is 5.78. The molecule has 0 aliphatic rings.